The molecule has 0 aliphatic rings. The number of esters is 1. The fourth-order valence-electron chi connectivity index (χ4n) is 0.809. The average molecular weight is 198 g/mol. The number of carbonyl (C=O) groups excluding carboxylic acids is 1. The summed E-state index contributed by atoms with van der Waals surface area (Å²) in [5, 5.41) is 6.14. The molecule has 0 radical (unpaired) electrons. The summed E-state index contributed by atoms with van der Waals surface area (Å²) in [6.07, 6.45) is 1.61. The second kappa shape index (κ2) is 8.10. The van der Waals surface area contributed by atoms with Crippen LogP contribution in [0.1, 0.15) is 6.92 Å². The lowest BCUT2D eigenvalue weighted by atomic mass is 10.3. The van der Waals surface area contributed by atoms with Gasteiger partial charge in [0.15, 0.2) is 0 Å². The molecule has 0 bridgehead atoms. The molecule has 0 heterocycles. The third kappa shape index (κ3) is 5.18. The Morgan fingerprint density at radius 1 is 1.86 bits per heavy atom. The summed E-state index contributed by atoms with van der Waals surface area (Å²) in [5.74, 6) is -0.415. The van der Waals surface area contributed by atoms with Gasteiger partial charge in [0.05, 0.1) is 13.2 Å². The van der Waals surface area contributed by atoms with E-state index < -0.39 is 12.0 Å². The van der Waals surface area contributed by atoms with Crippen LogP contribution in [0.5, 0.6) is 0 Å². The van der Waals surface area contributed by atoms with Gasteiger partial charge in [-0.2, -0.15) is 0 Å². The lowest BCUT2D eigenvalue weighted by Crippen LogP contribution is -2.40. The Labute approximate surface area is 82.6 Å². The number of nitrogens with one attached hydrogen (secondary N) is 1. The fraction of sp³-hybridized carbons (Fsp3) is 0.625. The third-order valence-corrected chi connectivity index (χ3v) is 1.41. The van der Waals surface area contributed by atoms with Crippen LogP contribution in [0.25, 0.3) is 10.4 Å². The molecule has 1 atom stereocenters. The predicted molar refractivity (Wildman–Crippen MR) is 52.6 cm³/mol. The minimum absolute atomic E-state index is 0.0448. The first-order valence-corrected chi connectivity index (χ1v) is 4.28. The first-order chi connectivity index (χ1) is 6.76. The lowest BCUT2D eigenvalue weighted by molar-refractivity contribution is -0.145. The van der Waals surface area contributed by atoms with E-state index in [-0.39, 0.29) is 6.54 Å². The summed E-state index contributed by atoms with van der Waals surface area (Å²) in [7, 11) is 0. The maximum atomic E-state index is 11.3. The van der Waals surface area contributed by atoms with E-state index >= 15 is 0 Å². The van der Waals surface area contributed by atoms with E-state index in [0.717, 1.165) is 0 Å². The van der Waals surface area contributed by atoms with Crippen LogP contribution < -0.4 is 5.32 Å². The van der Waals surface area contributed by atoms with Crippen molar-refractivity contribution in [2.24, 2.45) is 5.11 Å². The molecule has 1 unspecified atom stereocenters. The Kier molecular flexibility index (Phi) is 7.22. The molecule has 0 saturated carbocycles. The molecule has 0 aromatic heterocycles. The number of hydrogen-bond donors (Lipinski definition) is 1. The van der Waals surface area contributed by atoms with Crippen molar-refractivity contribution in [3.63, 3.8) is 0 Å². The SMILES string of the molecule is C=CCNC(CN=[N+]=[N-])C(=O)OCC. The molecule has 14 heavy (non-hydrogen) atoms. The van der Waals surface area contributed by atoms with Crippen LogP contribution in [0.15, 0.2) is 17.8 Å². The van der Waals surface area contributed by atoms with Crippen LogP contribution >= 0.6 is 0 Å². The highest BCUT2D eigenvalue weighted by molar-refractivity contribution is 5.76. The summed E-state index contributed by atoms with van der Waals surface area (Å²) in [5.41, 5.74) is 8.11. The zero-order chi connectivity index (χ0) is 10.8. The molecule has 0 aliphatic heterocycles. The molecule has 78 valence electrons. The van der Waals surface area contributed by atoms with Gasteiger partial charge in [-0.1, -0.05) is 11.2 Å². The Hall–Kier alpha value is -1.52. The molecule has 0 amide bonds. The van der Waals surface area contributed by atoms with E-state index in [0.29, 0.717) is 13.2 Å². The van der Waals surface area contributed by atoms with Crippen molar-refractivity contribution in [1.29, 1.82) is 0 Å². The molecule has 0 spiro atoms. The van der Waals surface area contributed by atoms with E-state index in [2.05, 4.69) is 21.9 Å². The molecule has 0 rings (SSSR count). The van der Waals surface area contributed by atoms with Crippen LogP contribution in [-0.4, -0.2) is 31.7 Å². The molecular formula is C8H14N4O2. The van der Waals surface area contributed by atoms with Gasteiger partial charge in [0.2, 0.25) is 0 Å². The number of hydrogen-bond acceptors (Lipinski definition) is 4. The van der Waals surface area contributed by atoms with Crippen LogP contribution in [-0.2, 0) is 9.53 Å². The highest BCUT2D eigenvalue weighted by Crippen LogP contribution is 1.91. The smallest absolute Gasteiger partial charge is 0.323 e. The van der Waals surface area contributed by atoms with Gasteiger partial charge in [-0.3, -0.25) is 4.79 Å². The molecule has 0 aliphatic carbocycles. The minimum atomic E-state index is -0.594. The van der Waals surface area contributed by atoms with Gasteiger partial charge in [0.25, 0.3) is 0 Å². The quantitative estimate of drug-likeness (QED) is 0.218. The Bertz CT molecular complexity index is 235. The third-order valence-electron chi connectivity index (χ3n) is 1.41. The van der Waals surface area contributed by atoms with Crippen LogP contribution in [0, 0.1) is 0 Å². The highest BCUT2D eigenvalue weighted by Gasteiger charge is 2.16. The topological polar surface area (TPSA) is 87.1 Å². The van der Waals surface area contributed by atoms with Crippen LogP contribution in [0.3, 0.4) is 0 Å². The zero-order valence-electron chi connectivity index (χ0n) is 8.14. The summed E-state index contributed by atoms with van der Waals surface area (Å²) in [6, 6.07) is -0.594. The standard InChI is InChI=1S/C8H14N4O2/c1-3-5-10-7(6-11-12-9)8(13)14-4-2/h3,7,10H,1,4-6H2,2H3. The number of rotatable bonds is 7. The van der Waals surface area contributed by atoms with Crippen LogP contribution in [0.4, 0.5) is 0 Å². The van der Waals surface area contributed by atoms with Gasteiger partial charge >= 0.3 is 5.97 Å². The summed E-state index contributed by atoms with van der Waals surface area (Å²) < 4.78 is 4.78. The van der Waals surface area contributed by atoms with Gasteiger partial charge in [-0.15, -0.1) is 6.58 Å². The van der Waals surface area contributed by atoms with Gasteiger partial charge in [0.1, 0.15) is 6.04 Å². The molecule has 0 aromatic rings. The number of nitrogens with zero attached hydrogens (tertiary/aromatic N) is 3. The molecule has 1 N–H and O–H groups in total. The van der Waals surface area contributed by atoms with Gasteiger partial charge in [0, 0.05) is 11.5 Å². The monoisotopic (exact) mass is 198 g/mol. The number of azide groups is 1. The van der Waals surface area contributed by atoms with E-state index in [4.69, 9.17) is 10.3 Å². The van der Waals surface area contributed by atoms with E-state index in [9.17, 15) is 4.79 Å². The van der Waals surface area contributed by atoms with Gasteiger partial charge in [-0.05, 0) is 12.5 Å². The van der Waals surface area contributed by atoms with Crippen molar-refractivity contribution in [1.82, 2.24) is 5.32 Å². The number of carbonyl (C=O) groups is 1. The molecular weight excluding hydrogens is 184 g/mol. The van der Waals surface area contributed by atoms with Crippen molar-refractivity contribution in [2.75, 3.05) is 19.7 Å². The Morgan fingerprint density at radius 3 is 3.07 bits per heavy atom. The number of ether oxygens (including phenoxy) is 1. The van der Waals surface area contributed by atoms with Crippen LogP contribution in [0.2, 0.25) is 0 Å². The highest BCUT2D eigenvalue weighted by atomic mass is 16.5. The molecule has 6 heteroatoms. The zero-order valence-corrected chi connectivity index (χ0v) is 8.14. The molecule has 0 saturated heterocycles. The Morgan fingerprint density at radius 2 is 2.57 bits per heavy atom. The lowest BCUT2D eigenvalue weighted by Gasteiger charge is -2.13. The van der Waals surface area contributed by atoms with E-state index in [1.54, 1.807) is 13.0 Å². The largest absolute Gasteiger partial charge is 0.465 e. The second-order valence-corrected chi connectivity index (χ2v) is 2.41. The predicted octanol–water partition coefficient (Wildman–Crippen LogP) is 1.00. The van der Waals surface area contributed by atoms with Crippen molar-refractivity contribution >= 4 is 5.97 Å². The normalized spacial score (nSPS) is 11.2. The van der Waals surface area contributed by atoms with Gasteiger partial charge in [-0.25, -0.2) is 0 Å². The van der Waals surface area contributed by atoms with Crippen molar-refractivity contribution < 1.29 is 9.53 Å². The van der Waals surface area contributed by atoms with Crippen molar-refractivity contribution in [3.8, 4) is 0 Å². The van der Waals surface area contributed by atoms with Crippen molar-refractivity contribution in [2.45, 2.75) is 13.0 Å². The average Bonchev–Trinajstić information content (AvgIpc) is 2.18. The van der Waals surface area contributed by atoms with E-state index in [1.165, 1.54) is 0 Å². The molecule has 0 aromatic carbocycles. The van der Waals surface area contributed by atoms with E-state index in [1.807, 2.05) is 0 Å². The van der Waals surface area contributed by atoms with Gasteiger partial charge < -0.3 is 10.1 Å². The van der Waals surface area contributed by atoms with Crippen molar-refractivity contribution in [3.05, 3.63) is 23.1 Å². The fourth-order valence-corrected chi connectivity index (χ4v) is 0.809. The summed E-state index contributed by atoms with van der Waals surface area (Å²) in [6.45, 7) is 6.03. The first kappa shape index (κ1) is 12.5. The second-order valence-electron chi connectivity index (χ2n) is 2.41. The molecule has 6 nitrogen and oxygen atoms in total. The first-order valence-electron chi connectivity index (χ1n) is 4.28. The maximum absolute atomic E-state index is 11.3. The molecule has 0 fully saturated rings. The summed E-state index contributed by atoms with van der Waals surface area (Å²) in [4.78, 5) is 13.8. The summed E-state index contributed by atoms with van der Waals surface area (Å²) >= 11 is 0. The Balaban J connectivity index is 4.13. The minimum Gasteiger partial charge on any atom is -0.465 e. The maximum Gasteiger partial charge on any atom is 0.323 e.